The number of rotatable bonds is 10. The van der Waals surface area contributed by atoms with Crippen LogP contribution in [0.25, 0.3) is 0 Å². The molecule has 6 heteroatoms. The molecule has 0 bridgehead atoms. The van der Waals surface area contributed by atoms with Crippen LogP contribution in [0.4, 0.5) is 8.78 Å². The molecule has 2 rings (SSSR count). The van der Waals surface area contributed by atoms with Crippen LogP contribution in [0.15, 0.2) is 24.3 Å². The molecule has 2 N–H and O–H groups in total. The molecule has 4 nitrogen and oxygen atoms in total. The summed E-state index contributed by atoms with van der Waals surface area (Å²) in [6, 6.07) is 0. The normalized spacial score (nSPS) is 34.2. The van der Waals surface area contributed by atoms with Crippen molar-refractivity contribution in [1.29, 1.82) is 0 Å². The van der Waals surface area contributed by atoms with Crippen molar-refractivity contribution in [2.24, 2.45) is 11.8 Å². The highest BCUT2D eigenvalue weighted by molar-refractivity contribution is 5.66. The van der Waals surface area contributed by atoms with Crippen molar-refractivity contribution in [3.05, 3.63) is 24.3 Å². The standard InChI is InChI=1S/C21H32F2O4/c1-3-4-13-21(2,23)17(24)12-10-14-9-11-15-19(14)20(22)16(27-15)7-5-6-8-18(25)26/h5,7,10,12,14-17,19-20,24H,3-4,6,8-9,11,13H2,1-2H3,(H,25,26)/b7-5+,12-10+/t14-,15-,16-,17-,19-,20?,21?/m1/s1. The van der Waals surface area contributed by atoms with Crippen molar-refractivity contribution in [2.45, 2.75) is 88.9 Å². The molecule has 1 heterocycles. The Hall–Kier alpha value is -1.27. The Balaban J connectivity index is 1.92. The van der Waals surface area contributed by atoms with Gasteiger partial charge in [-0.2, -0.15) is 0 Å². The zero-order chi connectivity index (χ0) is 20.0. The fraction of sp³-hybridized carbons (Fsp3) is 0.762. The lowest BCUT2D eigenvalue weighted by Crippen LogP contribution is -2.33. The van der Waals surface area contributed by atoms with Crippen molar-refractivity contribution in [3.63, 3.8) is 0 Å². The number of ether oxygens (including phenoxy) is 1. The first-order valence-electron chi connectivity index (χ1n) is 9.99. The maximum atomic E-state index is 14.8. The summed E-state index contributed by atoms with van der Waals surface area (Å²) in [4.78, 5) is 10.5. The molecule has 7 atom stereocenters. The number of carboxylic acids is 1. The van der Waals surface area contributed by atoms with Crippen LogP contribution in [-0.2, 0) is 9.53 Å². The van der Waals surface area contributed by atoms with Crippen LogP contribution in [-0.4, -0.2) is 46.3 Å². The highest BCUT2D eigenvalue weighted by Gasteiger charge is 2.50. The number of hydrogen-bond donors (Lipinski definition) is 2. The summed E-state index contributed by atoms with van der Waals surface area (Å²) in [5.74, 6) is -1.27. The molecule has 0 aromatic heterocycles. The van der Waals surface area contributed by atoms with Crippen LogP contribution in [0.5, 0.6) is 0 Å². The fourth-order valence-corrected chi connectivity index (χ4v) is 4.05. The van der Waals surface area contributed by atoms with E-state index in [1.165, 1.54) is 13.0 Å². The first-order valence-corrected chi connectivity index (χ1v) is 9.99. The summed E-state index contributed by atoms with van der Waals surface area (Å²) in [5.41, 5.74) is -1.68. The van der Waals surface area contributed by atoms with Gasteiger partial charge in [0.05, 0.1) is 6.10 Å². The number of hydrogen-bond acceptors (Lipinski definition) is 3. The van der Waals surface area contributed by atoms with Crippen molar-refractivity contribution in [2.75, 3.05) is 0 Å². The Morgan fingerprint density at radius 3 is 2.78 bits per heavy atom. The number of carboxylic acid groups (broad SMARTS) is 1. The van der Waals surface area contributed by atoms with Crippen molar-refractivity contribution in [3.8, 4) is 0 Å². The molecule has 1 saturated heterocycles. The van der Waals surface area contributed by atoms with Gasteiger partial charge in [0, 0.05) is 12.3 Å². The van der Waals surface area contributed by atoms with Crippen LogP contribution in [0.1, 0.15) is 58.8 Å². The van der Waals surface area contributed by atoms with Crippen LogP contribution < -0.4 is 0 Å². The minimum Gasteiger partial charge on any atom is -0.481 e. The number of alkyl halides is 2. The number of aliphatic hydroxyl groups is 1. The van der Waals surface area contributed by atoms with Crippen LogP contribution in [0, 0.1) is 11.8 Å². The van der Waals surface area contributed by atoms with Gasteiger partial charge >= 0.3 is 5.97 Å². The molecule has 0 spiro atoms. The summed E-state index contributed by atoms with van der Waals surface area (Å²) in [6.45, 7) is 3.38. The van der Waals surface area contributed by atoms with Crippen LogP contribution in [0.3, 0.4) is 0 Å². The van der Waals surface area contributed by atoms with Gasteiger partial charge in [0.2, 0.25) is 0 Å². The quantitative estimate of drug-likeness (QED) is 0.547. The summed E-state index contributed by atoms with van der Waals surface area (Å²) in [5, 5.41) is 18.8. The predicted molar refractivity (Wildman–Crippen MR) is 100.0 cm³/mol. The second-order valence-electron chi connectivity index (χ2n) is 7.97. The van der Waals surface area contributed by atoms with Crippen LogP contribution in [0.2, 0.25) is 0 Å². The minimum atomic E-state index is -1.68. The van der Waals surface area contributed by atoms with E-state index in [0.717, 1.165) is 19.3 Å². The van der Waals surface area contributed by atoms with Crippen molar-refractivity contribution in [1.82, 2.24) is 0 Å². The summed E-state index contributed by atoms with van der Waals surface area (Å²) >= 11 is 0. The molecule has 0 amide bonds. The van der Waals surface area contributed by atoms with Gasteiger partial charge in [-0.15, -0.1) is 0 Å². The number of unbranched alkanes of at least 4 members (excludes halogenated alkanes) is 1. The van der Waals surface area contributed by atoms with E-state index in [1.54, 1.807) is 18.2 Å². The van der Waals surface area contributed by atoms with Gasteiger partial charge < -0.3 is 14.9 Å². The molecule has 0 aromatic carbocycles. The van der Waals surface area contributed by atoms with Gasteiger partial charge in [-0.3, -0.25) is 4.79 Å². The zero-order valence-electron chi connectivity index (χ0n) is 16.2. The molecule has 154 valence electrons. The Kier molecular flexibility index (Phi) is 7.98. The summed E-state index contributed by atoms with van der Waals surface area (Å²) in [6.07, 6.45) is 7.00. The van der Waals surface area contributed by atoms with Crippen molar-refractivity contribution < 1.29 is 28.5 Å². The van der Waals surface area contributed by atoms with E-state index in [0.29, 0.717) is 19.3 Å². The second-order valence-corrected chi connectivity index (χ2v) is 7.97. The van der Waals surface area contributed by atoms with E-state index in [1.807, 2.05) is 6.92 Å². The third kappa shape index (κ3) is 5.85. The van der Waals surface area contributed by atoms with E-state index in [9.17, 15) is 18.7 Å². The molecule has 27 heavy (non-hydrogen) atoms. The molecule has 0 aromatic rings. The average Bonchev–Trinajstić information content (AvgIpc) is 3.15. The number of carbonyl (C=O) groups is 1. The van der Waals surface area contributed by atoms with Gasteiger partial charge in [0.25, 0.3) is 0 Å². The number of aliphatic hydroxyl groups excluding tert-OH is 1. The molecule has 1 saturated carbocycles. The lowest BCUT2D eigenvalue weighted by molar-refractivity contribution is -0.136. The highest BCUT2D eigenvalue weighted by Crippen LogP contribution is 2.46. The van der Waals surface area contributed by atoms with Gasteiger partial charge in [-0.05, 0) is 38.5 Å². The lowest BCUT2D eigenvalue weighted by Gasteiger charge is -2.25. The van der Waals surface area contributed by atoms with E-state index in [2.05, 4.69) is 0 Å². The SMILES string of the molecule is CCCCC(C)(F)[C@H](O)/C=C/[C@H]1CC[C@H]2O[C@H](/C=C/CCC(=O)O)C(F)[C@H]12. The number of fused-ring (bicyclic) bond motifs is 1. The third-order valence-electron chi connectivity index (χ3n) is 5.75. The smallest absolute Gasteiger partial charge is 0.303 e. The van der Waals surface area contributed by atoms with E-state index >= 15 is 0 Å². The lowest BCUT2D eigenvalue weighted by atomic mass is 9.87. The molecule has 1 aliphatic carbocycles. The first kappa shape index (κ1) is 22.0. The fourth-order valence-electron chi connectivity index (χ4n) is 4.05. The minimum absolute atomic E-state index is 0.0102. The summed E-state index contributed by atoms with van der Waals surface area (Å²) in [7, 11) is 0. The van der Waals surface area contributed by atoms with Crippen LogP contribution >= 0.6 is 0 Å². The largest absolute Gasteiger partial charge is 0.481 e. The molecule has 2 unspecified atom stereocenters. The molecule has 2 fully saturated rings. The number of halogens is 2. The Bertz CT molecular complexity index is 546. The zero-order valence-corrected chi connectivity index (χ0v) is 16.2. The average molecular weight is 386 g/mol. The van der Waals surface area contributed by atoms with Gasteiger partial charge in [0.1, 0.15) is 24.0 Å². The number of allylic oxidation sites excluding steroid dienone is 2. The predicted octanol–water partition coefficient (Wildman–Crippen LogP) is 4.37. The molecule has 2 aliphatic rings. The summed E-state index contributed by atoms with van der Waals surface area (Å²) < 4.78 is 35.2. The second kappa shape index (κ2) is 9.78. The maximum absolute atomic E-state index is 14.8. The third-order valence-corrected chi connectivity index (χ3v) is 5.75. The van der Waals surface area contributed by atoms with Gasteiger partial charge in [-0.1, -0.05) is 44.1 Å². The Morgan fingerprint density at radius 2 is 2.11 bits per heavy atom. The highest BCUT2D eigenvalue weighted by atomic mass is 19.1. The maximum Gasteiger partial charge on any atom is 0.303 e. The monoisotopic (exact) mass is 386 g/mol. The molecular weight excluding hydrogens is 354 g/mol. The molecule has 1 aliphatic heterocycles. The Labute approximate surface area is 160 Å². The van der Waals surface area contributed by atoms with Crippen molar-refractivity contribution >= 4 is 5.97 Å². The van der Waals surface area contributed by atoms with E-state index < -0.39 is 30.0 Å². The van der Waals surface area contributed by atoms with E-state index in [-0.39, 0.29) is 24.4 Å². The first-order chi connectivity index (χ1) is 12.8. The molecular formula is C21H32F2O4. The van der Waals surface area contributed by atoms with E-state index in [4.69, 9.17) is 9.84 Å². The van der Waals surface area contributed by atoms with Gasteiger partial charge in [0.15, 0.2) is 0 Å². The topological polar surface area (TPSA) is 66.8 Å². The number of aliphatic carboxylic acids is 1. The molecule has 0 radical (unpaired) electrons. The Morgan fingerprint density at radius 1 is 1.37 bits per heavy atom. The van der Waals surface area contributed by atoms with Gasteiger partial charge in [-0.25, -0.2) is 8.78 Å².